The molecule has 3 N–H and O–H groups in total. The van der Waals surface area contributed by atoms with Crippen LogP contribution in [0.15, 0.2) is 63.5 Å². The number of allylic oxidation sites excluding steroid dienone is 1. The van der Waals surface area contributed by atoms with E-state index < -0.39 is 35.0 Å². The summed E-state index contributed by atoms with van der Waals surface area (Å²) in [5, 5.41) is 28.6. The molecule has 2 heterocycles. The summed E-state index contributed by atoms with van der Waals surface area (Å²) in [6.45, 7) is -0.212. The summed E-state index contributed by atoms with van der Waals surface area (Å²) in [5.74, 6) is -3.57. The van der Waals surface area contributed by atoms with Gasteiger partial charge >= 0.3 is 11.9 Å². The first-order valence-electron chi connectivity index (χ1n) is 10.8. The van der Waals surface area contributed by atoms with Crippen molar-refractivity contribution in [3.63, 3.8) is 0 Å². The van der Waals surface area contributed by atoms with Crippen molar-refractivity contribution in [3.05, 3.63) is 75.8 Å². The number of carboxylic acid groups (broad SMARTS) is 2. The van der Waals surface area contributed by atoms with E-state index in [4.69, 9.17) is 28.8 Å². The molecule has 0 saturated heterocycles. The smallest absolute Gasteiger partial charge is 0.371 e. The van der Waals surface area contributed by atoms with E-state index in [9.17, 15) is 24.3 Å². The number of aliphatic carboxylic acids is 1. The number of ether oxygens (including phenoxy) is 3. The van der Waals surface area contributed by atoms with Crippen LogP contribution < -0.4 is 19.6 Å². The summed E-state index contributed by atoms with van der Waals surface area (Å²) < 4.78 is 21.8. The Hall–Kier alpha value is -4.64. The van der Waals surface area contributed by atoms with Crippen LogP contribution in [0.3, 0.4) is 0 Å². The number of benzene rings is 2. The van der Waals surface area contributed by atoms with Crippen molar-refractivity contribution < 1.29 is 48.3 Å². The lowest BCUT2D eigenvalue weighted by Gasteiger charge is -2.16. The fourth-order valence-corrected chi connectivity index (χ4v) is 3.55. The van der Waals surface area contributed by atoms with E-state index in [1.165, 1.54) is 42.5 Å². The van der Waals surface area contributed by atoms with Crippen molar-refractivity contribution in [1.82, 2.24) is 0 Å². The van der Waals surface area contributed by atoms with E-state index in [0.717, 1.165) is 6.07 Å². The Morgan fingerprint density at radius 3 is 2.50 bits per heavy atom. The first-order valence-corrected chi connectivity index (χ1v) is 10.8. The van der Waals surface area contributed by atoms with Crippen molar-refractivity contribution in [3.8, 4) is 17.2 Å². The minimum absolute atomic E-state index is 0.00933. The predicted molar refractivity (Wildman–Crippen MR) is 123 cm³/mol. The third kappa shape index (κ3) is 5.20. The van der Waals surface area contributed by atoms with Crippen LogP contribution in [0.1, 0.15) is 33.8 Å². The van der Waals surface area contributed by atoms with Gasteiger partial charge in [0.25, 0.3) is 0 Å². The molecular weight excluding hydrogens is 476 g/mol. The summed E-state index contributed by atoms with van der Waals surface area (Å²) in [7, 11) is 0. The van der Waals surface area contributed by atoms with Crippen LogP contribution in [0, 0.1) is 0 Å². The fourth-order valence-electron chi connectivity index (χ4n) is 3.55. The van der Waals surface area contributed by atoms with Gasteiger partial charge in [-0.1, -0.05) is 12.1 Å². The largest absolute Gasteiger partial charge is 0.493 e. The second kappa shape index (κ2) is 10.3. The number of rotatable bonds is 9. The highest BCUT2D eigenvalue weighted by molar-refractivity contribution is 6.03. The summed E-state index contributed by atoms with van der Waals surface area (Å²) >= 11 is 0. The standard InChI is InChI=1S/C25H20O11/c26-13(9-10-33-16-3-1-6-19-23(16)15(28)11-21(36-19)25(31)32)12-34-17-4-2-5-18-22(17)14(27)7-8-20(35-18)24(29)30/h1-6,8,11,13,26H,7,9-10,12H2,(H,29,30)(H,31,32). The number of hydrogen-bond donors (Lipinski definition) is 3. The second-order valence-electron chi connectivity index (χ2n) is 7.74. The van der Waals surface area contributed by atoms with Gasteiger partial charge in [0.15, 0.2) is 11.2 Å². The summed E-state index contributed by atoms with van der Waals surface area (Å²) in [6, 6.07) is 9.86. The Bertz CT molecular complexity index is 1430. The molecule has 0 bridgehead atoms. The van der Waals surface area contributed by atoms with Gasteiger partial charge in [0.2, 0.25) is 11.5 Å². The SMILES string of the molecule is O=C(O)C1=CCC(=O)c2c(OCC(O)CCOc3cccc4oc(C(=O)O)cc(=O)c34)cccc2O1. The van der Waals surface area contributed by atoms with Crippen molar-refractivity contribution in [2.75, 3.05) is 13.2 Å². The number of Topliss-reactive ketones (excluding diaryl/α,β-unsaturated/α-hetero) is 1. The molecule has 0 fully saturated rings. The van der Waals surface area contributed by atoms with Crippen LogP contribution in [-0.4, -0.2) is 52.4 Å². The Kier molecular flexibility index (Phi) is 7.02. The Labute approximate surface area is 202 Å². The van der Waals surface area contributed by atoms with E-state index in [1.54, 1.807) is 0 Å². The van der Waals surface area contributed by atoms with E-state index in [1.807, 2.05) is 0 Å². The predicted octanol–water partition coefficient (Wildman–Crippen LogP) is 2.63. The van der Waals surface area contributed by atoms with Gasteiger partial charge in [-0.25, -0.2) is 9.59 Å². The van der Waals surface area contributed by atoms with E-state index in [-0.39, 0.29) is 65.6 Å². The van der Waals surface area contributed by atoms with Crippen LogP contribution in [0.2, 0.25) is 0 Å². The molecule has 1 aliphatic heterocycles. The van der Waals surface area contributed by atoms with E-state index in [0.29, 0.717) is 0 Å². The van der Waals surface area contributed by atoms with Gasteiger partial charge in [-0.05, 0) is 30.3 Å². The van der Waals surface area contributed by atoms with Crippen molar-refractivity contribution in [2.45, 2.75) is 18.9 Å². The first-order chi connectivity index (χ1) is 17.2. The van der Waals surface area contributed by atoms with E-state index in [2.05, 4.69) is 0 Å². The minimum Gasteiger partial charge on any atom is -0.493 e. The molecule has 11 heteroatoms. The summed E-state index contributed by atoms with van der Waals surface area (Å²) in [5.41, 5.74) is -0.444. The highest BCUT2D eigenvalue weighted by Crippen LogP contribution is 2.33. The lowest BCUT2D eigenvalue weighted by Crippen LogP contribution is -2.21. The Morgan fingerprint density at radius 1 is 1.00 bits per heavy atom. The molecule has 11 nitrogen and oxygen atoms in total. The Morgan fingerprint density at radius 2 is 1.75 bits per heavy atom. The highest BCUT2D eigenvalue weighted by atomic mass is 16.5. The van der Waals surface area contributed by atoms with Crippen molar-refractivity contribution >= 4 is 28.7 Å². The van der Waals surface area contributed by atoms with Gasteiger partial charge < -0.3 is 33.9 Å². The van der Waals surface area contributed by atoms with Crippen LogP contribution in [0.25, 0.3) is 11.0 Å². The number of aliphatic hydroxyl groups is 1. The molecule has 0 spiro atoms. The molecule has 0 radical (unpaired) electrons. The number of carbonyl (C=O) groups is 3. The third-order valence-electron chi connectivity index (χ3n) is 5.24. The normalized spacial score (nSPS) is 13.7. The highest BCUT2D eigenvalue weighted by Gasteiger charge is 2.25. The number of carbonyl (C=O) groups excluding carboxylic acids is 1. The molecule has 1 aliphatic rings. The summed E-state index contributed by atoms with van der Waals surface area (Å²) in [6.07, 6.45) is 0.0782. The second-order valence-corrected chi connectivity index (χ2v) is 7.74. The molecule has 1 aromatic heterocycles. The molecule has 4 rings (SSSR count). The number of aromatic carboxylic acids is 1. The molecule has 2 aromatic carbocycles. The monoisotopic (exact) mass is 496 g/mol. The molecule has 186 valence electrons. The average molecular weight is 496 g/mol. The molecule has 1 unspecified atom stereocenters. The minimum atomic E-state index is -1.37. The van der Waals surface area contributed by atoms with Gasteiger partial charge in [-0.2, -0.15) is 0 Å². The number of hydrogen-bond acceptors (Lipinski definition) is 9. The number of aliphatic hydroxyl groups excluding tert-OH is 1. The number of ketones is 1. The number of fused-ring (bicyclic) bond motifs is 2. The molecule has 3 aromatic rings. The topological polar surface area (TPSA) is 170 Å². The van der Waals surface area contributed by atoms with Gasteiger partial charge in [0.1, 0.15) is 40.4 Å². The fraction of sp³-hybridized carbons (Fsp3) is 0.200. The third-order valence-corrected chi connectivity index (χ3v) is 5.24. The van der Waals surface area contributed by atoms with Crippen LogP contribution >= 0.6 is 0 Å². The zero-order valence-corrected chi connectivity index (χ0v) is 18.6. The number of carboxylic acids is 2. The maximum atomic E-state index is 12.5. The lowest BCUT2D eigenvalue weighted by atomic mass is 10.1. The van der Waals surface area contributed by atoms with Crippen LogP contribution in [-0.2, 0) is 4.79 Å². The average Bonchev–Trinajstić information content (AvgIpc) is 3.02. The first kappa shape index (κ1) is 24.5. The molecule has 0 amide bonds. The molecular formula is C25H20O11. The van der Waals surface area contributed by atoms with Crippen molar-refractivity contribution in [2.24, 2.45) is 0 Å². The van der Waals surface area contributed by atoms with Crippen LogP contribution in [0.4, 0.5) is 0 Å². The van der Waals surface area contributed by atoms with Crippen LogP contribution in [0.5, 0.6) is 17.2 Å². The maximum absolute atomic E-state index is 12.5. The molecule has 0 saturated carbocycles. The lowest BCUT2D eigenvalue weighted by molar-refractivity contribution is -0.135. The van der Waals surface area contributed by atoms with Gasteiger partial charge in [0.05, 0.1) is 12.7 Å². The van der Waals surface area contributed by atoms with Gasteiger partial charge in [-0.3, -0.25) is 9.59 Å². The van der Waals surface area contributed by atoms with Gasteiger partial charge in [-0.15, -0.1) is 0 Å². The molecule has 1 atom stereocenters. The molecule has 0 aliphatic carbocycles. The quantitative estimate of drug-likeness (QED) is 0.398. The summed E-state index contributed by atoms with van der Waals surface area (Å²) in [4.78, 5) is 47.2. The molecule has 36 heavy (non-hydrogen) atoms. The van der Waals surface area contributed by atoms with E-state index >= 15 is 0 Å². The Balaban J connectivity index is 1.39. The van der Waals surface area contributed by atoms with Gasteiger partial charge in [0, 0.05) is 18.9 Å². The zero-order valence-electron chi connectivity index (χ0n) is 18.6. The zero-order chi connectivity index (χ0) is 25.8. The van der Waals surface area contributed by atoms with Crippen molar-refractivity contribution in [1.29, 1.82) is 0 Å². The maximum Gasteiger partial charge on any atom is 0.371 e.